The number of anilines is 2. The van der Waals surface area contributed by atoms with Crippen LogP contribution in [0.15, 0.2) is 57.7 Å². The smallest absolute Gasteiger partial charge is 0.321 e. The van der Waals surface area contributed by atoms with E-state index in [0.29, 0.717) is 17.7 Å². The Kier molecular flexibility index (Phi) is 3.13. The van der Waals surface area contributed by atoms with E-state index in [1.54, 1.807) is 35.9 Å². The van der Waals surface area contributed by atoms with Gasteiger partial charge in [0.1, 0.15) is 35.5 Å². The van der Waals surface area contributed by atoms with Crippen LogP contribution in [0.5, 0.6) is 0 Å². The summed E-state index contributed by atoms with van der Waals surface area (Å²) in [7, 11) is 0. The third-order valence-electron chi connectivity index (χ3n) is 3.66. The van der Waals surface area contributed by atoms with Crippen molar-refractivity contribution in [3.63, 3.8) is 0 Å². The molecule has 1 aliphatic rings. The van der Waals surface area contributed by atoms with Crippen LogP contribution in [0.2, 0.25) is 0 Å². The van der Waals surface area contributed by atoms with Crippen molar-refractivity contribution in [1.29, 1.82) is 0 Å². The van der Waals surface area contributed by atoms with Crippen molar-refractivity contribution in [3.8, 4) is 0 Å². The summed E-state index contributed by atoms with van der Waals surface area (Å²) in [4.78, 5) is 16.2. The number of hydrogen-bond donors (Lipinski definition) is 1. The Morgan fingerprint density at radius 1 is 1.16 bits per heavy atom. The predicted octanol–water partition coefficient (Wildman–Crippen LogP) is 2.67. The zero-order valence-electron chi connectivity index (χ0n) is 12.6. The Morgan fingerprint density at radius 2 is 2.16 bits per heavy atom. The molecule has 1 unspecified atom stereocenters. The summed E-state index contributed by atoms with van der Waals surface area (Å²) in [6, 6.07) is 1.84. The number of nitrogens with zero attached hydrogens (tertiary/aromatic N) is 6. The number of oxazole rings is 1. The molecule has 9 nitrogen and oxygen atoms in total. The van der Waals surface area contributed by atoms with Gasteiger partial charge in [-0.3, -0.25) is 0 Å². The first-order valence-corrected chi connectivity index (χ1v) is 8.21. The number of hydrogen-bond acceptors (Lipinski definition) is 9. The Balaban J connectivity index is 1.70. The highest BCUT2D eigenvalue weighted by Gasteiger charge is 2.42. The van der Waals surface area contributed by atoms with Gasteiger partial charge in [0.2, 0.25) is 5.95 Å². The van der Waals surface area contributed by atoms with Gasteiger partial charge in [-0.15, -0.1) is 11.3 Å². The number of aromatic nitrogens is 5. The minimum atomic E-state index is -0.303. The van der Waals surface area contributed by atoms with E-state index >= 15 is 0 Å². The predicted molar refractivity (Wildman–Crippen MR) is 88.1 cm³/mol. The Bertz CT molecular complexity index is 962. The Morgan fingerprint density at radius 3 is 2.84 bits per heavy atom. The SMILES string of the molecule is [C]1=C(c2ccon2)C(c2nccs2)N(c2ncc[nH]2)N1c1ncco1. The summed E-state index contributed by atoms with van der Waals surface area (Å²) in [5.74, 6) is 0.601. The molecule has 0 saturated carbocycles. The van der Waals surface area contributed by atoms with Gasteiger partial charge in [0.15, 0.2) is 0 Å². The van der Waals surface area contributed by atoms with Crippen LogP contribution in [0.1, 0.15) is 16.7 Å². The third kappa shape index (κ3) is 2.22. The number of aromatic amines is 1. The number of imidazole rings is 1. The standard InChI is InChI=1S/C15H10N7O2S/c1-6-24-20-11(1)10-9-21(15-19-4-7-23-15)22(14-17-2-3-18-14)12(10)13-16-5-8-25-13/h1-8,12H,(H,17,18). The van der Waals surface area contributed by atoms with Gasteiger partial charge in [-0.05, 0) is 0 Å². The van der Waals surface area contributed by atoms with Gasteiger partial charge >= 0.3 is 6.01 Å². The summed E-state index contributed by atoms with van der Waals surface area (Å²) in [5.41, 5.74) is 1.43. The highest BCUT2D eigenvalue weighted by Crippen LogP contribution is 2.44. The molecule has 10 heteroatoms. The quantitative estimate of drug-likeness (QED) is 0.598. The molecule has 0 spiro atoms. The van der Waals surface area contributed by atoms with Crippen LogP contribution in [-0.4, -0.2) is 25.1 Å². The number of thiazole rings is 1. The van der Waals surface area contributed by atoms with Gasteiger partial charge in [-0.25, -0.2) is 20.0 Å². The molecule has 5 rings (SSSR count). The van der Waals surface area contributed by atoms with Gasteiger partial charge in [0.25, 0.3) is 0 Å². The second-order valence-electron chi connectivity index (χ2n) is 5.07. The fourth-order valence-corrected chi connectivity index (χ4v) is 3.40. The zero-order valence-corrected chi connectivity index (χ0v) is 13.4. The van der Waals surface area contributed by atoms with Crippen molar-refractivity contribution in [2.75, 3.05) is 10.0 Å². The highest BCUT2D eigenvalue weighted by atomic mass is 32.1. The summed E-state index contributed by atoms with van der Waals surface area (Å²) >= 11 is 1.53. The van der Waals surface area contributed by atoms with E-state index in [4.69, 9.17) is 8.94 Å². The van der Waals surface area contributed by atoms with E-state index in [2.05, 4.69) is 31.3 Å². The zero-order chi connectivity index (χ0) is 16.6. The van der Waals surface area contributed by atoms with E-state index in [9.17, 15) is 0 Å². The molecular weight excluding hydrogens is 342 g/mol. The maximum atomic E-state index is 5.47. The normalized spacial score (nSPS) is 17.3. The van der Waals surface area contributed by atoms with E-state index in [1.807, 2.05) is 10.4 Å². The molecule has 0 amide bonds. The molecule has 1 radical (unpaired) electrons. The van der Waals surface area contributed by atoms with Gasteiger partial charge in [0.05, 0.1) is 6.20 Å². The summed E-state index contributed by atoms with van der Waals surface area (Å²) in [5, 5.41) is 10.4. The number of hydrazine groups is 1. The molecule has 5 heterocycles. The highest BCUT2D eigenvalue weighted by molar-refractivity contribution is 7.09. The molecule has 0 fully saturated rings. The lowest BCUT2D eigenvalue weighted by atomic mass is 10.1. The van der Waals surface area contributed by atoms with Crippen molar-refractivity contribution in [2.24, 2.45) is 0 Å². The Labute approximate surface area is 145 Å². The van der Waals surface area contributed by atoms with Gasteiger partial charge in [-0.2, -0.15) is 5.01 Å². The summed E-state index contributed by atoms with van der Waals surface area (Å²) in [6.45, 7) is 0. The fraction of sp³-hybridized carbons (Fsp3) is 0.0667. The lowest BCUT2D eigenvalue weighted by Gasteiger charge is -2.29. The molecule has 1 atom stereocenters. The molecule has 0 saturated heterocycles. The van der Waals surface area contributed by atoms with Crippen molar-refractivity contribution in [3.05, 3.63) is 65.7 Å². The molecular formula is C15H10N7O2S. The van der Waals surface area contributed by atoms with E-state index < -0.39 is 0 Å². The summed E-state index contributed by atoms with van der Waals surface area (Å²) < 4.78 is 10.5. The van der Waals surface area contributed by atoms with E-state index in [0.717, 1.165) is 10.6 Å². The topological polar surface area (TPSA) is 100 Å². The lowest BCUT2D eigenvalue weighted by molar-refractivity contribution is 0.417. The minimum Gasteiger partial charge on any atom is -0.431 e. The molecule has 123 valence electrons. The van der Waals surface area contributed by atoms with Crippen LogP contribution in [0.25, 0.3) is 5.57 Å². The first-order chi connectivity index (χ1) is 12.4. The van der Waals surface area contributed by atoms with Gasteiger partial charge < -0.3 is 13.9 Å². The maximum Gasteiger partial charge on any atom is 0.321 e. The number of nitrogens with one attached hydrogen (secondary N) is 1. The van der Waals surface area contributed by atoms with Crippen molar-refractivity contribution >= 4 is 28.9 Å². The monoisotopic (exact) mass is 352 g/mol. The first-order valence-electron chi connectivity index (χ1n) is 7.33. The van der Waals surface area contributed by atoms with Crippen molar-refractivity contribution < 1.29 is 8.94 Å². The van der Waals surface area contributed by atoms with Gasteiger partial charge in [0, 0.05) is 35.6 Å². The van der Waals surface area contributed by atoms with E-state index in [-0.39, 0.29) is 6.04 Å². The molecule has 25 heavy (non-hydrogen) atoms. The largest absolute Gasteiger partial charge is 0.431 e. The summed E-state index contributed by atoms with van der Waals surface area (Å²) in [6.07, 6.45) is 13.1. The minimum absolute atomic E-state index is 0.303. The van der Waals surface area contributed by atoms with Crippen LogP contribution in [0.4, 0.5) is 12.0 Å². The van der Waals surface area contributed by atoms with Crippen LogP contribution >= 0.6 is 11.3 Å². The Hall–Kier alpha value is -3.40. The van der Waals surface area contributed by atoms with E-state index in [1.165, 1.54) is 23.9 Å². The lowest BCUT2D eigenvalue weighted by Crippen LogP contribution is -2.38. The molecule has 4 aromatic heterocycles. The molecule has 0 aromatic carbocycles. The van der Waals surface area contributed by atoms with Crippen LogP contribution in [0.3, 0.4) is 0 Å². The average Bonchev–Trinajstić information content (AvgIpc) is 3.48. The van der Waals surface area contributed by atoms with Crippen molar-refractivity contribution in [2.45, 2.75) is 6.04 Å². The average molecular weight is 352 g/mol. The number of rotatable bonds is 4. The molecule has 4 aromatic rings. The molecule has 0 aliphatic carbocycles. The third-order valence-corrected chi connectivity index (χ3v) is 4.49. The fourth-order valence-electron chi connectivity index (χ4n) is 2.67. The number of H-pyrrole nitrogens is 1. The molecule has 0 bridgehead atoms. The van der Waals surface area contributed by atoms with Crippen LogP contribution in [0, 0.1) is 6.20 Å². The maximum absolute atomic E-state index is 5.47. The molecule has 1 aliphatic heterocycles. The van der Waals surface area contributed by atoms with Crippen LogP contribution < -0.4 is 10.0 Å². The first kappa shape index (κ1) is 14.0. The molecule has 1 N–H and O–H groups in total. The second-order valence-corrected chi connectivity index (χ2v) is 5.99. The van der Waals surface area contributed by atoms with Gasteiger partial charge in [-0.1, -0.05) is 5.16 Å². The second kappa shape index (κ2) is 5.60. The van der Waals surface area contributed by atoms with Crippen LogP contribution in [-0.2, 0) is 0 Å². The van der Waals surface area contributed by atoms with Crippen molar-refractivity contribution in [1.82, 2.24) is 25.1 Å².